The maximum atomic E-state index is 12.6. The number of carbonyl (C=O) groups is 2. The second kappa shape index (κ2) is 7.66. The number of hydrogen-bond acceptors (Lipinski definition) is 4. The molecule has 0 aromatic heterocycles. The Balaban J connectivity index is 1.72. The Bertz CT molecular complexity index is 933. The number of nitrogens with one attached hydrogen (secondary N) is 1. The molecule has 3 rings (SSSR count). The summed E-state index contributed by atoms with van der Waals surface area (Å²) in [6, 6.07) is 9.18. The first-order valence-corrected chi connectivity index (χ1v) is 9.25. The van der Waals surface area contributed by atoms with Gasteiger partial charge < -0.3 is 10.2 Å². The summed E-state index contributed by atoms with van der Waals surface area (Å²) in [6.07, 6.45) is 0.0755. The van der Waals surface area contributed by atoms with Crippen molar-refractivity contribution in [2.24, 2.45) is 5.92 Å². The van der Waals surface area contributed by atoms with E-state index in [-0.39, 0.29) is 30.5 Å². The standard InChI is InChI=1S/C18H15BrClN3O4/c1-10-15(7-6-14(19)17(10)20)21-18(25)11-8-16(24)22(9-11)12-2-4-13(5-3-12)23(26)27/h2-7,11H,8-9H2,1H3,(H,21,25)/t11-/m1/s1. The van der Waals surface area contributed by atoms with Crippen molar-refractivity contribution >= 4 is 56.4 Å². The largest absolute Gasteiger partial charge is 0.325 e. The molecule has 1 aliphatic heterocycles. The SMILES string of the molecule is Cc1c(NC(=O)[C@@H]2CC(=O)N(c3ccc([N+](=O)[O-])cc3)C2)ccc(Br)c1Cl. The number of non-ortho nitro benzene ring substituents is 1. The molecule has 0 radical (unpaired) electrons. The number of nitro groups is 1. The van der Waals surface area contributed by atoms with Gasteiger partial charge in [0, 0.05) is 40.9 Å². The first kappa shape index (κ1) is 19.3. The van der Waals surface area contributed by atoms with Crippen LogP contribution in [0.1, 0.15) is 12.0 Å². The fourth-order valence-electron chi connectivity index (χ4n) is 2.91. The van der Waals surface area contributed by atoms with Gasteiger partial charge in [0.1, 0.15) is 0 Å². The third-order valence-electron chi connectivity index (χ3n) is 4.47. The zero-order chi connectivity index (χ0) is 19.7. The molecule has 7 nitrogen and oxygen atoms in total. The molecule has 9 heteroatoms. The van der Waals surface area contributed by atoms with Gasteiger partial charge in [-0.1, -0.05) is 11.6 Å². The molecule has 2 amide bonds. The van der Waals surface area contributed by atoms with Crippen LogP contribution < -0.4 is 10.2 Å². The maximum Gasteiger partial charge on any atom is 0.269 e. The summed E-state index contributed by atoms with van der Waals surface area (Å²) in [6.45, 7) is 2.01. The van der Waals surface area contributed by atoms with E-state index in [1.165, 1.54) is 29.2 Å². The number of rotatable bonds is 4. The van der Waals surface area contributed by atoms with Gasteiger partial charge in [0.05, 0.1) is 15.9 Å². The summed E-state index contributed by atoms with van der Waals surface area (Å²) in [4.78, 5) is 36.6. The van der Waals surface area contributed by atoms with Crippen LogP contribution in [0.4, 0.5) is 17.1 Å². The lowest BCUT2D eigenvalue weighted by Gasteiger charge is -2.17. The third kappa shape index (κ3) is 3.96. The van der Waals surface area contributed by atoms with E-state index in [0.717, 1.165) is 10.0 Å². The van der Waals surface area contributed by atoms with Gasteiger partial charge in [-0.2, -0.15) is 0 Å². The molecule has 1 N–H and O–H groups in total. The molecule has 0 unspecified atom stereocenters. The van der Waals surface area contributed by atoms with Crippen molar-refractivity contribution in [2.45, 2.75) is 13.3 Å². The van der Waals surface area contributed by atoms with Crippen LogP contribution in [-0.2, 0) is 9.59 Å². The Morgan fingerprint density at radius 2 is 1.96 bits per heavy atom. The number of halogens is 2. The van der Waals surface area contributed by atoms with Crippen LogP contribution in [0.2, 0.25) is 5.02 Å². The number of benzene rings is 2. The average Bonchev–Trinajstić information content (AvgIpc) is 3.04. The van der Waals surface area contributed by atoms with E-state index >= 15 is 0 Å². The van der Waals surface area contributed by atoms with Gasteiger partial charge in [-0.05, 0) is 52.7 Å². The third-order valence-corrected chi connectivity index (χ3v) is 5.84. The van der Waals surface area contributed by atoms with Crippen molar-refractivity contribution in [2.75, 3.05) is 16.8 Å². The van der Waals surface area contributed by atoms with Crippen LogP contribution in [-0.4, -0.2) is 23.3 Å². The molecule has 140 valence electrons. The fourth-order valence-corrected chi connectivity index (χ4v) is 3.50. The Morgan fingerprint density at radius 1 is 1.30 bits per heavy atom. The van der Waals surface area contributed by atoms with Gasteiger partial charge in [0.2, 0.25) is 11.8 Å². The van der Waals surface area contributed by atoms with Crippen LogP contribution in [0, 0.1) is 23.0 Å². The quantitative estimate of drug-likeness (QED) is 0.552. The second-order valence-corrected chi connectivity index (χ2v) is 7.43. The molecule has 2 aromatic rings. The summed E-state index contributed by atoms with van der Waals surface area (Å²) in [5.74, 6) is -0.988. The van der Waals surface area contributed by atoms with Gasteiger partial charge in [0.25, 0.3) is 5.69 Å². The average molecular weight is 453 g/mol. The molecule has 2 aromatic carbocycles. The van der Waals surface area contributed by atoms with E-state index in [4.69, 9.17) is 11.6 Å². The van der Waals surface area contributed by atoms with Crippen LogP contribution >= 0.6 is 27.5 Å². The van der Waals surface area contributed by atoms with Gasteiger partial charge in [-0.15, -0.1) is 0 Å². The van der Waals surface area contributed by atoms with Crippen molar-refractivity contribution in [1.82, 2.24) is 0 Å². The lowest BCUT2D eigenvalue weighted by atomic mass is 10.1. The lowest BCUT2D eigenvalue weighted by Crippen LogP contribution is -2.28. The van der Waals surface area contributed by atoms with E-state index in [0.29, 0.717) is 16.4 Å². The summed E-state index contributed by atoms with van der Waals surface area (Å²) in [5.41, 5.74) is 1.80. The first-order valence-electron chi connectivity index (χ1n) is 8.08. The minimum absolute atomic E-state index is 0.0534. The van der Waals surface area contributed by atoms with Crippen molar-refractivity contribution in [3.63, 3.8) is 0 Å². The van der Waals surface area contributed by atoms with Gasteiger partial charge in [0.15, 0.2) is 0 Å². The highest BCUT2D eigenvalue weighted by Crippen LogP contribution is 2.32. The van der Waals surface area contributed by atoms with E-state index in [2.05, 4.69) is 21.2 Å². The molecule has 27 heavy (non-hydrogen) atoms. The normalized spacial score (nSPS) is 16.5. The molecule has 1 fully saturated rings. The topological polar surface area (TPSA) is 92.6 Å². The molecule has 0 saturated carbocycles. The predicted octanol–water partition coefficient (Wildman–Crippen LogP) is 4.31. The number of amides is 2. The van der Waals surface area contributed by atoms with Crippen molar-refractivity contribution in [3.8, 4) is 0 Å². The monoisotopic (exact) mass is 451 g/mol. The number of nitro benzene ring substituents is 1. The van der Waals surface area contributed by atoms with Gasteiger partial charge in [-0.3, -0.25) is 19.7 Å². The molecular weight excluding hydrogens is 438 g/mol. The van der Waals surface area contributed by atoms with E-state index < -0.39 is 10.8 Å². The lowest BCUT2D eigenvalue weighted by molar-refractivity contribution is -0.384. The molecule has 1 heterocycles. The van der Waals surface area contributed by atoms with Crippen LogP contribution in [0.25, 0.3) is 0 Å². The predicted molar refractivity (Wildman–Crippen MR) is 106 cm³/mol. The van der Waals surface area contributed by atoms with Crippen LogP contribution in [0.3, 0.4) is 0 Å². The van der Waals surface area contributed by atoms with Gasteiger partial charge >= 0.3 is 0 Å². The van der Waals surface area contributed by atoms with Crippen molar-refractivity contribution in [1.29, 1.82) is 0 Å². The van der Waals surface area contributed by atoms with E-state index in [1.807, 2.05) is 0 Å². The van der Waals surface area contributed by atoms with Crippen molar-refractivity contribution < 1.29 is 14.5 Å². The smallest absolute Gasteiger partial charge is 0.269 e. The maximum absolute atomic E-state index is 12.6. The highest BCUT2D eigenvalue weighted by Gasteiger charge is 2.35. The summed E-state index contributed by atoms with van der Waals surface area (Å²) in [5, 5.41) is 14.1. The number of hydrogen-bond donors (Lipinski definition) is 1. The zero-order valence-electron chi connectivity index (χ0n) is 14.2. The Labute approximate surface area is 168 Å². The molecule has 0 aliphatic carbocycles. The molecule has 1 aliphatic rings. The highest BCUT2D eigenvalue weighted by atomic mass is 79.9. The first-order chi connectivity index (χ1) is 12.8. The minimum atomic E-state index is -0.519. The summed E-state index contributed by atoms with van der Waals surface area (Å²) >= 11 is 9.51. The molecule has 1 atom stereocenters. The van der Waals surface area contributed by atoms with Crippen LogP contribution in [0.15, 0.2) is 40.9 Å². The molecule has 1 saturated heterocycles. The Kier molecular flexibility index (Phi) is 5.48. The number of carbonyl (C=O) groups excluding carboxylic acids is 2. The fraction of sp³-hybridized carbons (Fsp3) is 0.222. The van der Waals surface area contributed by atoms with Gasteiger partial charge in [-0.25, -0.2) is 0 Å². The Hall–Kier alpha value is -2.45. The van der Waals surface area contributed by atoms with Crippen molar-refractivity contribution in [3.05, 3.63) is 61.6 Å². The summed E-state index contributed by atoms with van der Waals surface area (Å²) in [7, 11) is 0. The zero-order valence-corrected chi connectivity index (χ0v) is 16.6. The number of nitrogens with zero attached hydrogens (tertiary/aromatic N) is 2. The number of anilines is 2. The summed E-state index contributed by atoms with van der Waals surface area (Å²) < 4.78 is 0.736. The van der Waals surface area contributed by atoms with E-state index in [1.54, 1.807) is 19.1 Å². The Morgan fingerprint density at radius 3 is 2.59 bits per heavy atom. The second-order valence-electron chi connectivity index (χ2n) is 6.20. The highest BCUT2D eigenvalue weighted by molar-refractivity contribution is 9.10. The molecular formula is C18H15BrClN3O4. The van der Waals surface area contributed by atoms with Crippen LogP contribution in [0.5, 0.6) is 0 Å². The van der Waals surface area contributed by atoms with E-state index in [9.17, 15) is 19.7 Å². The molecule has 0 spiro atoms. The minimum Gasteiger partial charge on any atom is -0.325 e. The molecule has 0 bridgehead atoms.